The molecule has 0 aliphatic rings. The van der Waals surface area contributed by atoms with Crippen molar-refractivity contribution < 1.29 is 22.7 Å². The highest BCUT2D eigenvalue weighted by molar-refractivity contribution is 7.91. The van der Waals surface area contributed by atoms with Gasteiger partial charge < -0.3 is 10.5 Å². The number of sulfone groups is 1. The Labute approximate surface area is 117 Å². The number of benzene rings is 1. The third-order valence-corrected chi connectivity index (χ3v) is 5.00. The van der Waals surface area contributed by atoms with E-state index in [1.165, 1.54) is 26.2 Å². The fourth-order valence-corrected chi connectivity index (χ4v) is 2.95. The number of primary amides is 1. The standard InChI is InChI=1S/C13H17NO5S/c1-9(6-12(15)19-2)20(17,18)8-10-4-3-5-11(7-10)13(14)16/h3-5,7,9H,6,8H2,1-2H3,(H2,14,16). The van der Waals surface area contributed by atoms with E-state index in [9.17, 15) is 18.0 Å². The molecule has 1 amide bonds. The summed E-state index contributed by atoms with van der Waals surface area (Å²) in [7, 11) is -2.31. The van der Waals surface area contributed by atoms with Gasteiger partial charge in [0.15, 0.2) is 9.84 Å². The SMILES string of the molecule is COC(=O)CC(C)S(=O)(=O)Cc1cccc(C(N)=O)c1. The Balaban J connectivity index is 2.88. The Morgan fingerprint density at radius 3 is 2.55 bits per heavy atom. The van der Waals surface area contributed by atoms with Gasteiger partial charge in [0.05, 0.1) is 24.5 Å². The molecule has 0 aliphatic heterocycles. The highest BCUT2D eigenvalue weighted by Crippen LogP contribution is 2.15. The van der Waals surface area contributed by atoms with Crippen molar-refractivity contribution in [3.63, 3.8) is 0 Å². The molecule has 1 atom stereocenters. The zero-order valence-electron chi connectivity index (χ0n) is 11.3. The molecule has 0 saturated carbocycles. The lowest BCUT2D eigenvalue weighted by atomic mass is 10.1. The number of nitrogens with two attached hydrogens (primary N) is 1. The molecular weight excluding hydrogens is 282 g/mol. The molecule has 6 nitrogen and oxygen atoms in total. The molecule has 1 unspecified atom stereocenters. The number of carbonyl (C=O) groups excluding carboxylic acids is 2. The fourth-order valence-electron chi connectivity index (χ4n) is 1.63. The smallest absolute Gasteiger partial charge is 0.306 e. The molecule has 1 aromatic carbocycles. The minimum Gasteiger partial charge on any atom is -0.469 e. The largest absolute Gasteiger partial charge is 0.469 e. The summed E-state index contributed by atoms with van der Waals surface area (Å²) < 4.78 is 28.7. The molecule has 1 aromatic rings. The average molecular weight is 299 g/mol. The summed E-state index contributed by atoms with van der Waals surface area (Å²) in [6.07, 6.45) is -0.200. The quantitative estimate of drug-likeness (QED) is 0.777. The maximum atomic E-state index is 12.1. The lowest BCUT2D eigenvalue weighted by Crippen LogP contribution is -2.23. The number of carbonyl (C=O) groups is 2. The number of esters is 1. The number of methoxy groups -OCH3 is 1. The van der Waals surface area contributed by atoms with E-state index in [4.69, 9.17) is 5.73 Å². The van der Waals surface area contributed by atoms with Crippen LogP contribution in [0.4, 0.5) is 0 Å². The lowest BCUT2D eigenvalue weighted by Gasteiger charge is -2.12. The fraction of sp³-hybridized carbons (Fsp3) is 0.385. The van der Waals surface area contributed by atoms with Crippen LogP contribution in [0.3, 0.4) is 0 Å². The first-order valence-electron chi connectivity index (χ1n) is 5.93. The van der Waals surface area contributed by atoms with E-state index in [0.29, 0.717) is 5.56 Å². The van der Waals surface area contributed by atoms with E-state index in [0.717, 1.165) is 0 Å². The van der Waals surface area contributed by atoms with Crippen molar-refractivity contribution in [2.75, 3.05) is 7.11 Å². The van der Waals surface area contributed by atoms with Crippen molar-refractivity contribution >= 4 is 21.7 Å². The van der Waals surface area contributed by atoms with Crippen LogP contribution in [0.25, 0.3) is 0 Å². The van der Waals surface area contributed by atoms with Crippen molar-refractivity contribution in [1.29, 1.82) is 0 Å². The van der Waals surface area contributed by atoms with Gasteiger partial charge in [-0.3, -0.25) is 9.59 Å². The van der Waals surface area contributed by atoms with Gasteiger partial charge in [0, 0.05) is 5.56 Å². The van der Waals surface area contributed by atoms with Crippen LogP contribution in [0, 0.1) is 0 Å². The minimum absolute atomic E-state index is 0.200. The second kappa shape index (κ2) is 6.51. The summed E-state index contributed by atoms with van der Waals surface area (Å²) in [5.74, 6) is -1.45. The van der Waals surface area contributed by atoms with Crippen molar-refractivity contribution in [3.8, 4) is 0 Å². The van der Waals surface area contributed by atoms with Gasteiger partial charge in [-0.05, 0) is 24.6 Å². The van der Waals surface area contributed by atoms with Crippen LogP contribution < -0.4 is 5.73 Å². The third kappa shape index (κ3) is 4.34. The molecule has 2 N–H and O–H groups in total. The number of ether oxygens (including phenoxy) is 1. The van der Waals surface area contributed by atoms with Crippen molar-refractivity contribution in [3.05, 3.63) is 35.4 Å². The van der Waals surface area contributed by atoms with Crippen LogP contribution in [-0.4, -0.2) is 32.7 Å². The molecule has 0 heterocycles. The van der Waals surface area contributed by atoms with E-state index in [2.05, 4.69) is 4.74 Å². The van der Waals surface area contributed by atoms with Gasteiger partial charge in [-0.25, -0.2) is 8.42 Å². The Morgan fingerprint density at radius 1 is 1.35 bits per heavy atom. The predicted molar refractivity (Wildman–Crippen MR) is 73.7 cm³/mol. The molecule has 20 heavy (non-hydrogen) atoms. The molecule has 0 radical (unpaired) electrons. The van der Waals surface area contributed by atoms with E-state index in [1.54, 1.807) is 12.1 Å². The van der Waals surface area contributed by atoms with Gasteiger partial charge in [0.1, 0.15) is 0 Å². The maximum absolute atomic E-state index is 12.1. The second-order valence-corrected chi connectivity index (χ2v) is 6.88. The van der Waals surface area contributed by atoms with Gasteiger partial charge in [0.25, 0.3) is 0 Å². The molecule has 0 bridgehead atoms. The van der Waals surface area contributed by atoms with Crippen LogP contribution in [0.1, 0.15) is 29.3 Å². The Morgan fingerprint density at radius 2 is 2.00 bits per heavy atom. The first-order chi connectivity index (χ1) is 9.26. The molecular formula is C13H17NO5S. The third-order valence-electron chi connectivity index (χ3n) is 2.87. The van der Waals surface area contributed by atoms with E-state index in [-0.39, 0.29) is 17.7 Å². The summed E-state index contributed by atoms with van der Waals surface area (Å²) in [5, 5.41) is -0.854. The Kier molecular flexibility index (Phi) is 5.26. The van der Waals surface area contributed by atoms with Crippen molar-refractivity contribution in [2.45, 2.75) is 24.3 Å². The Bertz CT molecular complexity index is 609. The molecule has 7 heteroatoms. The van der Waals surface area contributed by atoms with Gasteiger partial charge in [0.2, 0.25) is 5.91 Å². The van der Waals surface area contributed by atoms with E-state index >= 15 is 0 Å². The topological polar surface area (TPSA) is 104 Å². The summed E-state index contributed by atoms with van der Waals surface area (Å²) in [6.45, 7) is 1.45. The van der Waals surface area contributed by atoms with Crippen LogP contribution in [0.15, 0.2) is 24.3 Å². The maximum Gasteiger partial charge on any atom is 0.306 e. The van der Waals surface area contributed by atoms with Crippen LogP contribution in [0.5, 0.6) is 0 Å². The minimum atomic E-state index is -3.51. The van der Waals surface area contributed by atoms with E-state index < -0.39 is 27.0 Å². The molecule has 0 aromatic heterocycles. The lowest BCUT2D eigenvalue weighted by molar-refractivity contribution is -0.140. The molecule has 0 fully saturated rings. The summed E-state index contributed by atoms with van der Waals surface area (Å²) in [5.41, 5.74) is 5.85. The van der Waals surface area contributed by atoms with Gasteiger partial charge >= 0.3 is 5.97 Å². The zero-order valence-corrected chi connectivity index (χ0v) is 12.1. The monoisotopic (exact) mass is 299 g/mol. The predicted octanol–water partition coefficient (Wildman–Crippen LogP) is 0.652. The number of rotatable bonds is 6. The van der Waals surface area contributed by atoms with Gasteiger partial charge in [-0.15, -0.1) is 0 Å². The molecule has 0 saturated heterocycles. The summed E-state index contributed by atoms with van der Waals surface area (Å²) in [4.78, 5) is 22.2. The van der Waals surface area contributed by atoms with Crippen molar-refractivity contribution in [2.24, 2.45) is 5.73 Å². The van der Waals surface area contributed by atoms with Crippen LogP contribution >= 0.6 is 0 Å². The van der Waals surface area contributed by atoms with Crippen molar-refractivity contribution in [1.82, 2.24) is 0 Å². The van der Waals surface area contributed by atoms with Crippen LogP contribution in [-0.2, 0) is 25.1 Å². The van der Waals surface area contributed by atoms with Gasteiger partial charge in [-0.1, -0.05) is 12.1 Å². The van der Waals surface area contributed by atoms with Crippen LogP contribution in [0.2, 0.25) is 0 Å². The first kappa shape index (κ1) is 16.2. The average Bonchev–Trinajstić information content (AvgIpc) is 2.38. The Hall–Kier alpha value is -1.89. The number of amides is 1. The molecule has 0 aliphatic carbocycles. The summed E-state index contributed by atoms with van der Waals surface area (Å²) in [6, 6.07) is 6.10. The molecule has 110 valence electrons. The van der Waals surface area contributed by atoms with Gasteiger partial charge in [-0.2, -0.15) is 0 Å². The first-order valence-corrected chi connectivity index (χ1v) is 7.65. The number of hydrogen-bond acceptors (Lipinski definition) is 5. The molecule has 0 spiro atoms. The molecule has 1 rings (SSSR count). The zero-order chi connectivity index (χ0) is 15.3. The second-order valence-electron chi connectivity index (χ2n) is 4.46. The highest BCUT2D eigenvalue weighted by Gasteiger charge is 2.24. The summed E-state index contributed by atoms with van der Waals surface area (Å²) >= 11 is 0. The highest BCUT2D eigenvalue weighted by atomic mass is 32.2. The number of hydrogen-bond donors (Lipinski definition) is 1. The normalized spacial score (nSPS) is 12.7. The van der Waals surface area contributed by atoms with E-state index in [1.807, 2.05) is 0 Å².